The Kier molecular flexibility index (Phi) is 7.43. The Bertz CT molecular complexity index is 363. The molecule has 0 heterocycles. The lowest BCUT2D eigenvalue weighted by Crippen LogP contribution is -2.51. The maximum absolute atomic E-state index is 12.0. The molecule has 20 heavy (non-hydrogen) atoms. The van der Waals surface area contributed by atoms with Crippen molar-refractivity contribution in [2.75, 3.05) is 39.5 Å². The standard InChI is InChI=1S/C14H31N3O2S/c1-4-15-11-7-8-12-20(18,19)16-13-14(17(2)3)9-5-6-10-14/h15-16H,4-13H2,1-3H3. The average Bonchev–Trinajstić information content (AvgIpc) is 2.86. The van der Waals surface area contributed by atoms with Crippen molar-refractivity contribution >= 4 is 10.0 Å². The number of sulfonamides is 1. The number of hydrogen-bond acceptors (Lipinski definition) is 4. The van der Waals surface area contributed by atoms with Gasteiger partial charge in [0.15, 0.2) is 0 Å². The number of nitrogens with one attached hydrogen (secondary N) is 2. The largest absolute Gasteiger partial charge is 0.317 e. The number of hydrogen-bond donors (Lipinski definition) is 2. The second-order valence-corrected chi connectivity index (χ2v) is 7.95. The van der Waals surface area contributed by atoms with Gasteiger partial charge in [-0.05, 0) is 52.9 Å². The third-order valence-electron chi connectivity index (χ3n) is 4.37. The second-order valence-electron chi connectivity index (χ2n) is 6.03. The van der Waals surface area contributed by atoms with Crippen LogP contribution in [0.2, 0.25) is 0 Å². The molecule has 0 atom stereocenters. The second kappa shape index (κ2) is 8.32. The van der Waals surface area contributed by atoms with Crippen LogP contribution < -0.4 is 10.0 Å². The number of likely N-dealkylation sites (N-methyl/N-ethyl adjacent to an activating group) is 1. The van der Waals surface area contributed by atoms with Gasteiger partial charge < -0.3 is 10.2 Å². The van der Waals surface area contributed by atoms with Crippen LogP contribution in [0, 0.1) is 0 Å². The van der Waals surface area contributed by atoms with E-state index in [1.54, 1.807) is 0 Å². The molecular weight excluding hydrogens is 274 g/mol. The molecule has 1 aliphatic carbocycles. The molecular formula is C14H31N3O2S. The highest BCUT2D eigenvalue weighted by Gasteiger charge is 2.36. The van der Waals surface area contributed by atoms with Crippen LogP contribution in [0.4, 0.5) is 0 Å². The predicted octanol–water partition coefficient (Wildman–Crippen LogP) is 1.17. The Balaban J connectivity index is 2.34. The first-order valence-corrected chi connectivity index (χ1v) is 9.42. The van der Waals surface area contributed by atoms with E-state index in [0.29, 0.717) is 6.54 Å². The van der Waals surface area contributed by atoms with Crippen LogP contribution in [-0.2, 0) is 10.0 Å². The summed E-state index contributed by atoms with van der Waals surface area (Å²) in [6, 6.07) is 0. The van der Waals surface area contributed by atoms with E-state index in [1.807, 2.05) is 0 Å². The molecule has 0 amide bonds. The van der Waals surface area contributed by atoms with Crippen LogP contribution in [0.3, 0.4) is 0 Å². The van der Waals surface area contributed by atoms with Crippen molar-refractivity contribution in [1.82, 2.24) is 14.9 Å². The first-order valence-electron chi connectivity index (χ1n) is 7.77. The van der Waals surface area contributed by atoms with E-state index in [0.717, 1.165) is 38.8 Å². The van der Waals surface area contributed by atoms with Crippen molar-refractivity contribution in [3.8, 4) is 0 Å². The van der Waals surface area contributed by atoms with Gasteiger partial charge in [0.05, 0.1) is 5.75 Å². The van der Waals surface area contributed by atoms with Crippen LogP contribution in [0.5, 0.6) is 0 Å². The Morgan fingerprint density at radius 3 is 2.35 bits per heavy atom. The lowest BCUT2D eigenvalue weighted by atomic mass is 9.97. The highest BCUT2D eigenvalue weighted by Crippen LogP contribution is 2.33. The Labute approximate surface area is 124 Å². The molecule has 0 saturated heterocycles. The van der Waals surface area contributed by atoms with Crippen molar-refractivity contribution in [2.45, 2.75) is 51.0 Å². The van der Waals surface area contributed by atoms with Gasteiger partial charge in [-0.1, -0.05) is 19.8 Å². The molecule has 120 valence electrons. The van der Waals surface area contributed by atoms with Crippen molar-refractivity contribution in [3.05, 3.63) is 0 Å². The molecule has 1 aliphatic rings. The fraction of sp³-hybridized carbons (Fsp3) is 1.00. The van der Waals surface area contributed by atoms with Crippen LogP contribution in [-0.4, -0.2) is 58.3 Å². The fourth-order valence-electron chi connectivity index (χ4n) is 2.85. The van der Waals surface area contributed by atoms with Gasteiger partial charge in [-0.15, -0.1) is 0 Å². The van der Waals surface area contributed by atoms with Crippen molar-refractivity contribution < 1.29 is 8.42 Å². The van der Waals surface area contributed by atoms with Crippen LogP contribution >= 0.6 is 0 Å². The smallest absolute Gasteiger partial charge is 0.211 e. The van der Waals surface area contributed by atoms with E-state index in [-0.39, 0.29) is 11.3 Å². The summed E-state index contributed by atoms with van der Waals surface area (Å²) in [5, 5.41) is 3.21. The molecule has 0 aromatic heterocycles. The third kappa shape index (κ3) is 5.68. The fourth-order valence-corrected chi connectivity index (χ4v) is 4.07. The Morgan fingerprint density at radius 2 is 1.80 bits per heavy atom. The quantitative estimate of drug-likeness (QED) is 0.595. The predicted molar refractivity (Wildman–Crippen MR) is 84.5 cm³/mol. The summed E-state index contributed by atoms with van der Waals surface area (Å²) in [5.74, 6) is 0.238. The van der Waals surface area contributed by atoms with Gasteiger partial charge in [0.25, 0.3) is 0 Å². The molecule has 1 saturated carbocycles. The van der Waals surface area contributed by atoms with Gasteiger partial charge in [-0.3, -0.25) is 0 Å². The summed E-state index contributed by atoms with van der Waals surface area (Å²) in [7, 11) is 0.971. The molecule has 0 spiro atoms. The van der Waals surface area contributed by atoms with Gasteiger partial charge in [-0.2, -0.15) is 0 Å². The van der Waals surface area contributed by atoms with Gasteiger partial charge >= 0.3 is 0 Å². The molecule has 6 heteroatoms. The summed E-state index contributed by atoms with van der Waals surface area (Å²) < 4.78 is 26.9. The van der Waals surface area contributed by atoms with E-state index in [9.17, 15) is 8.42 Å². The van der Waals surface area contributed by atoms with Crippen molar-refractivity contribution in [2.24, 2.45) is 0 Å². The monoisotopic (exact) mass is 305 g/mol. The van der Waals surface area contributed by atoms with E-state index in [4.69, 9.17) is 0 Å². The zero-order valence-electron chi connectivity index (χ0n) is 13.2. The first-order chi connectivity index (χ1) is 9.42. The summed E-state index contributed by atoms with van der Waals surface area (Å²) in [6.45, 7) is 4.44. The highest BCUT2D eigenvalue weighted by molar-refractivity contribution is 7.89. The molecule has 0 unspecified atom stereocenters. The van der Waals surface area contributed by atoms with E-state index in [1.165, 1.54) is 12.8 Å². The van der Waals surface area contributed by atoms with Crippen molar-refractivity contribution in [1.29, 1.82) is 0 Å². The zero-order chi connectivity index (χ0) is 15.1. The van der Waals surface area contributed by atoms with Gasteiger partial charge in [-0.25, -0.2) is 13.1 Å². The molecule has 5 nitrogen and oxygen atoms in total. The summed E-state index contributed by atoms with van der Waals surface area (Å²) >= 11 is 0. The molecule has 0 radical (unpaired) electrons. The van der Waals surface area contributed by atoms with Crippen molar-refractivity contribution in [3.63, 3.8) is 0 Å². The normalized spacial score (nSPS) is 18.8. The minimum absolute atomic E-state index is 0.0246. The Morgan fingerprint density at radius 1 is 1.15 bits per heavy atom. The van der Waals surface area contributed by atoms with Crippen LogP contribution in [0.25, 0.3) is 0 Å². The number of unbranched alkanes of at least 4 members (excludes halogenated alkanes) is 1. The van der Waals surface area contributed by atoms with E-state index in [2.05, 4.69) is 36.0 Å². The van der Waals surface area contributed by atoms with Gasteiger partial charge in [0.2, 0.25) is 10.0 Å². The minimum atomic E-state index is -3.13. The average molecular weight is 305 g/mol. The molecule has 0 bridgehead atoms. The summed E-state index contributed by atoms with van der Waals surface area (Å²) in [4.78, 5) is 2.19. The van der Waals surface area contributed by atoms with E-state index >= 15 is 0 Å². The third-order valence-corrected chi connectivity index (χ3v) is 5.78. The lowest BCUT2D eigenvalue weighted by molar-refractivity contribution is 0.162. The molecule has 0 aliphatic heterocycles. The lowest BCUT2D eigenvalue weighted by Gasteiger charge is -2.36. The minimum Gasteiger partial charge on any atom is -0.317 e. The molecule has 0 aromatic carbocycles. The first kappa shape index (κ1) is 17.9. The maximum Gasteiger partial charge on any atom is 0.211 e. The Hall–Kier alpha value is -0.170. The van der Waals surface area contributed by atoms with Crippen LogP contribution in [0.1, 0.15) is 45.4 Å². The molecule has 2 N–H and O–H groups in total. The highest BCUT2D eigenvalue weighted by atomic mass is 32.2. The van der Waals surface area contributed by atoms with Gasteiger partial charge in [0, 0.05) is 12.1 Å². The number of nitrogens with zero attached hydrogens (tertiary/aromatic N) is 1. The summed E-state index contributed by atoms with van der Waals surface area (Å²) in [6.07, 6.45) is 6.20. The molecule has 0 aromatic rings. The van der Waals surface area contributed by atoms with Gasteiger partial charge in [0.1, 0.15) is 0 Å². The van der Waals surface area contributed by atoms with Crippen LogP contribution in [0.15, 0.2) is 0 Å². The SMILES string of the molecule is CCNCCCCS(=O)(=O)NCC1(N(C)C)CCCC1. The molecule has 1 rings (SSSR count). The topological polar surface area (TPSA) is 61.4 Å². The maximum atomic E-state index is 12.0. The van der Waals surface area contributed by atoms with E-state index < -0.39 is 10.0 Å². The summed E-state index contributed by atoms with van der Waals surface area (Å²) in [5.41, 5.74) is 0.0246. The molecule has 1 fully saturated rings. The zero-order valence-corrected chi connectivity index (χ0v) is 14.1. The number of rotatable bonds is 10.